The highest BCUT2D eigenvalue weighted by molar-refractivity contribution is 6.06. The summed E-state index contributed by atoms with van der Waals surface area (Å²) in [5.41, 5.74) is 5.61. The summed E-state index contributed by atoms with van der Waals surface area (Å²) < 4.78 is 0. The third-order valence-corrected chi connectivity index (χ3v) is 4.53. The van der Waals surface area contributed by atoms with Crippen molar-refractivity contribution in [2.75, 3.05) is 5.32 Å². The number of aromatic nitrogens is 4. The second-order valence-electron chi connectivity index (χ2n) is 6.32. The van der Waals surface area contributed by atoms with E-state index in [0.717, 1.165) is 29.7 Å². The molecule has 0 atom stereocenters. The minimum atomic E-state index is -0.278. The van der Waals surface area contributed by atoms with Gasteiger partial charge in [-0.25, -0.2) is 14.8 Å². The summed E-state index contributed by atoms with van der Waals surface area (Å²) in [5, 5.41) is 2.85. The molecule has 136 valence electrons. The fraction of sp³-hybridized carbons (Fsp3) is 0.200. The van der Waals surface area contributed by atoms with E-state index in [1.807, 2.05) is 13.0 Å². The molecule has 4 rings (SSSR count). The highest BCUT2D eigenvalue weighted by atomic mass is 16.2. The Morgan fingerprint density at radius 3 is 2.37 bits per heavy atom. The number of carbonyl (C=O) groups is 1. The average Bonchev–Trinajstić information content (AvgIpc) is 3.05. The van der Waals surface area contributed by atoms with Crippen LogP contribution in [0.5, 0.6) is 0 Å². The van der Waals surface area contributed by atoms with Crippen LogP contribution in [0.15, 0.2) is 41.2 Å². The fourth-order valence-electron chi connectivity index (χ4n) is 3.15. The topological polar surface area (TPSA) is 104 Å². The van der Waals surface area contributed by atoms with Crippen LogP contribution in [-0.4, -0.2) is 25.8 Å². The van der Waals surface area contributed by atoms with Crippen molar-refractivity contribution in [1.29, 1.82) is 0 Å². The van der Waals surface area contributed by atoms with Gasteiger partial charge in [0.05, 0.1) is 33.5 Å². The first-order valence-corrected chi connectivity index (χ1v) is 8.90. The van der Waals surface area contributed by atoms with E-state index in [4.69, 9.17) is 0 Å². The SMILES string of the molecule is CCc1nc2ccc(C(=O)Nc3ccc4[nH]c(=O)[nH]c4c3)cc2nc1CC. The first-order chi connectivity index (χ1) is 13.1. The number of aryl methyl sites for hydroxylation is 2. The third kappa shape index (κ3) is 3.19. The van der Waals surface area contributed by atoms with E-state index < -0.39 is 0 Å². The minimum Gasteiger partial charge on any atom is -0.322 e. The second kappa shape index (κ2) is 6.68. The molecule has 0 saturated carbocycles. The van der Waals surface area contributed by atoms with Crippen molar-refractivity contribution in [2.24, 2.45) is 0 Å². The highest BCUT2D eigenvalue weighted by Crippen LogP contribution is 2.19. The molecule has 4 aromatic rings. The van der Waals surface area contributed by atoms with Crippen LogP contribution in [0.4, 0.5) is 5.69 Å². The molecule has 27 heavy (non-hydrogen) atoms. The Balaban J connectivity index is 1.65. The van der Waals surface area contributed by atoms with Crippen LogP contribution in [0.2, 0.25) is 0 Å². The molecule has 2 aromatic heterocycles. The lowest BCUT2D eigenvalue weighted by molar-refractivity contribution is 0.102. The van der Waals surface area contributed by atoms with Gasteiger partial charge >= 0.3 is 5.69 Å². The summed E-state index contributed by atoms with van der Waals surface area (Å²) in [6.45, 7) is 4.11. The van der Waals surface area contributed by atoms with Gasteiger partial charge in [0.2, 0.25) is 0 Å². The molecule has 0 unspecified atom stereocenters. The molecule has 7 nitrogen and oxygen atoms in total. The largest absolute Gasteiger partial charge is 0.323 e. The van der Waals surface area contributed by atoms with Gasteiger partial charge in [0, 0.05) is 11.3 Å². The molecule has 0 saturated heterocycles. The van der Waals surface area contributed by atoms with Gasteiger partial charge in [-0.3, -0.25) is 4.79 Å². The van der Waals surface area contributed by atoms with E-state index in [-0.39, 0.29) is 11.6 Å². The number of H-pyrrole nitrogens is 2. The van der Waals surface area contributed by atoms with Crippen LogP contribution in [-0.2, 0) is 12.8 Å². The zero-order valence-electron chi connectivity index (χ0n) is 15.1. The maximum absolute atomic E-state index is 12.6. The number of fused-ring (bicyclic) bond motifs is 2. The van der Waals surface area contributed by atoms with Gasteiger partial charge in [0.25, 0.3) is 5.91 Å². The summed E-state index contributed by atoms with van der Waals surface area (Å²) in [6.07, 6.45) is 1.63. The Labute approximate surface area is 154 Å². The van der Waals surface area contributed by atoms with E-state index in [1.54, 1.807) is 30.3 Å². The van der Waals surface area contributed by atoms with E-state index >= 15 is 0 Å². The molecule has 0 fully saturated rings. The number of nitrogens with one attached hydrogen (secondary N) is 3. The maximum Gasteiger partial charge on any atom is 0.323 e. The molecule has 0 spiro atoms. The van der Waals surface area contributed by atoms with Crippen molar-refractivity contribution < 1.29 is 4.79 Å². The molecule has 0 aliphatic rings. The van der Waals surface area contributed by atoms with Crippen molar-refractivity contribution in [3.63, 3.8) is 0 Å². The van der Waals surface area contributed by atoms with Gasteiger partial charge < -0.3 is 15.3 Å². The number of carbonyl (C=O) groups excluding carboxylic acids is 1. The fourth-order valence-corrected chi connectivity index (χ4v) is 3.15. The highest BCUT2D eigenvalue weighted by Gasteiger charge is 2.11. The predicted octanol–water partition coefficient (Wildman–Crippen LogP) is 3.18. The van der Waals surface area contributed by atoms with Gasteiger partial charge in [-0.15, -0.1) is 0 Å². The molecule has 0 aliphatic heterocycles. The summed E-state index contributed by atoms with van der Waals surface area (Å²) in [6, 6.07) is 10.5. The van der Waals surface area contributed by atoms with E-state index in [9.17, 15) is 9.59 Å². The van der Waals surface area contributed by atoms with Crippen LogP contribution in [0.3, 0.4) is 0 Å². The van der Waals surface area contributed by atoms with Gasteiger partial charge in [-0.2, -0.15) is 0 Å². The first kappa shape index (κ1) is 17.0. The number of nitrogens with zero attached hydrogens (tertiary/aromatic N) is 2. The van der Waals surface area contributed by atoms with Crippen LogP contribution < -0.4 is 11.0 Å². The van der Waals surface area contributed by atoms with Gasteiger partial charge in [0.15, 0.2) is 0 Å². The third-order valence-electron chi connectivity index (χ3n) is 4.53. The normalized spacial score (nSPS) is 11.2. The smallest absolute Gasteiger partial charge is 0.322 e. The number of benzene rings is 2. The summed E-state index contributed by atoms with van der Waals surface area (Å²) >= 11 is 0. The molecule has 0 radical (unpaired) electrons. The van der Waals surface area contributed by atoms with Crippen molar-refractivity contribution in [3.05, 3.63) is 63.8 Å². The molecule has 0 aliphatic carbocycles. The lowest BCUT2D eigenvalue weighted by Gasteiger charge is -2.09. The summed E-state index contributed by atoms with van der Waals surface area (Å²) in [5.74, 6) is -0.242. The lowest BCUT2D eigenvalue weighted by atomic mass is 10.1. The van der Waals surface area contributed by atoms with Crippen molar-refractivity contribution in [1.82, 2.24) is 19.9 Å². The van der Waals surface area contributed by atoms with Gasteiger partial charge in [-0.05, 0) is 49.2 Å². The van der Waals surface area contributed by atoms with Gasteiger partial charge in [-0.1, -0.05) is 13.8 Å². The Kier molecular flexibility index (Phi) is 4.19. The van der Waals surface area contributed by atoms with E-state index in [2.05, 4.69) is 32.2 Å². The lowest BCUT2D eigenvalue weighted by Crippen LogP contribution is -2.12. The predicted molar refractivity (Wildman–Crippen MR) is 105 cm³/mol. The number of aromatic amines is 2. The Morgan fingerprint density at radius 2 is 1.63 bits per heavy atom. The number of hydrogen-bond donors (Lipinski definition) is 3. The Morgan fingerprint density at radius 1 is 0.926 bits per heavy atom. The monoisotopic (exact) mass is 361 g/mol. The van der Waals surface area contributed by atoms with E-state index in [1.165, 1.54) is 0 Å². The second-order valence-corrected chi connectivity index (χ2v) is 6.32. The molecule has 7 heteroatoms. The number of rotatable bonds is 4. The molecular formula is C20H19N5O2. The van der Waals surface area contributed by atoms with Crippen LogP contribution in [0, 0.1) is 0 Å². The molecule has 0 bridgehead atoms. The van der Waals surface area contributed by atoms with Crippen LogP contribution >= 0.6 is 0 Å². The molecule has 2 heterocycles. The first-order valence-electron chi connectivity index (χ1n) is 8.90. The number of imidazole rings is 1. The van der Waals surface area contributed by atoms with Crippen LogP contribution in [0.25, 0.3) is 22.1 Å². The number of anilines is 1. The number of hydrogen-bond acceptors (Lipinski definition) is 4. The Hall–Kier alpha value is -3.48. The van der Waals surface area contributed by atoms with Crippen molar-refractivity contribution in [3.8, 4) is 0 Å². The summed E-state index contributed by atoms with van der Waals surface area (Å²) in [7, 11) is 0. The van der Waals surface area contributed by atoms with Gasteiger partial charge in [0.1, 0.15) is 0 Å². The average molecular weight is 361 g/mol. The quantitative estimate of drug-likeness (QED) is 0.519. The van der Waals surface area contributed by atoms with Crippen LogP contribution in [0.1, 0.15) is 35.6 Å². The summed E-state index contributed by atoms with van der Waals surface area (Å²) in [4.78, 5) is 38.7. The Bertz CT molecular complexity index is 1220. The zero-order chi connectivity index (χ0) is 19.0. The number of amides is 1. The standard InChI is InChI=1S/C20H19N5O2/c1-3-13-14(4-2)23-17-9-11(5-7-15(17)22-13)19(26)21-12-6-8-16-18(10-12)25-20(27)24-16/h5-10H,3-4H2,1-2H3,(H,21,26)(H2,24,25,27). The van der Waals surface area contributed by atoms with Crippen molar-refractivity contribution >= 4 is 33.7 Å². The van der Waals surface area contributed by atoms with Crippen molar-refractivity contribution in [2.45, 2.75) is 26.7 Å². The molecule has 2 aromatic carbocycles. The maximum atomic E-state index is 12.6. The zero-order valence-corrected chi connectivity index (χ0v) is 15.1. The van der Waals surface area contributed by atoms with E-state index in [0.29, 0.717) is 27.8 Å². The molecule has 1 amide bonds. The minimum absolute atomic E-state index is 0.242. The molecule has 3 N–H and O–H groups in total. The molecular weight excluding hydrogens is 342 g/mol.